The van der Waals surface area contributed by atoms with Crippen LogP contribution in [0.1, 0.15) is 34.1 Å². The summed E-state index contributed by atoms with van der Waals surface area (Å²) >= 11 is 3.28. The van der Waals surface area contributed by atoms with E-state index in [4.69, 9.17) is 0 Å². The predicted octanol–water partition coefficient (Wildman–Crippen LogP) is 2.87. The van der Waals surface area contributed by atoms with E-state index >= 15 is 0 Å². The van der Waals surface area contributed by atoms with Gasteiger partial charge in [-0.25, -0.2) is 13.4 Å². The van der Waals surface area contributed by atoms with Gasteiger partial charge in [-0.2, -0.15) is 0 Å². The SMILES string of the molecule is C[C@H]1c2ccsc2CCN1Cc1csc(CS(C)(=O)=O)n1. The first-order valence-corrected chi connectivity index (χ1v) is 10.7. The number of thiophene rings is 1. The number of thiazole rings is 1. The lowest BCUT2D eigenvalue weighted by Crippen LogP contribution is -2.32. The molecule has 0 spiro atoms. The Morgan fingerprint density at radius 2 is 2.24 bits per heavy atom. The maximum atomic E-state index is 11.3. The van der Waals surface area contributed by atoms with Gasteiger partial charge in [0, 0.05) is 35.6 Å². The minimum atomic E-state index is -3.00. The maximum Gasteiger partial charge on any atom is 0.153 e. The van der Waals surface area contributed by atoms with E-state index in [9.17, 15) is 8.42 Å². The minimum Gasteiger partial charge on any atom is -0.290 e. The van der Waals surface area contributed by atoms with E-state index in [0.29, 0.717) is 11.0 Å². The summed E-state index contributed by atoms with van der Waals surface area (Å²) in [7, 11) is -3.00. The van der Waals surface area contributed by atoms with Crippen LogP contribution in [0.3, 0.4) is 0 Å². The second-order valence-electron chi connectivity index (χ2n) is 5.50. The molecule has 0 saturated heterocycles. The molecular weight excluding hydrogens is 324 g/mol. The highest BCUT2D eigenvalue weighted by molar-refractivity contribution is 7.90. The molecule has 1 atom stereocenters. The lowest BCUT2D eigenvalue weighted by Gasteiger charge is -2.32. The van der Waals surface area contributed by atoms with Gasteiger partial charge in [0.1, 0.15) is 10.8 Å². The lowest BCUT2D eigenvalue weighted by molar-refractivity contribution is 0.189. The topological polar surface area (TPSA) is 50.3 Å². The van der Waals surface area contributed by atoms with Crippen LogP contribution in [0, 0.1) is 0 Å². The van der Waals surface area contributed by atoms with Crippen molar-refractivity contribution in [3.8, 4) is 0 Å². The van der Waals surface area contributed by atoms with Crippen molar-refractivity contribution in [3.05, 3.63) is 38.0 Å². The average Bonchev–Trinajstić information content (AvgIpc) is 3.00. The number of hydrogen-bond donors (Lipinski definition) is 0. The van der Waals surface area contributed by atoms with Crippen molar-refractivity contribution in [2.45, 2.75) is 31.7 Å². The zero-order chi connectivity index (χ0) is 15.0. The van der Waals surface area contributed by atoms with Crippen LogP contribution >= 0.6 is 22.7 Å². The van der Waals surface area contributed by atoms with Gasteiger partial charge in [-0.3, -0.25) is 4.90 Å². The first-order valence-electron chi connectivity index (χ1n) is 6.84. The molecule has 0 saturated carbocycles. The Balaban J connectivity index is 1.70. The monoisotopic (exact) mass is 342 g/mol. The highest BCUT2D eigenvalue weighted by atomic mass is 32.2. The smallest absolute Gasteiger partial charge is 0.153 e. The van der Waals surface area contributed by atoms with Crippen LogP contribution < -0.4 is 0 Å². The van der Waals surface area contributed by atoms with Crippen molar-refractivity contribution < 1.29 is 8.42 Å². The molecule has 1 aliphatic heterocycles. The first kappa shape index (κ1) is 15.1. The Morgan fingerprint density at radius 1 is 1.43 bits per heavy atom. The fourth-order valence-electron chi connectivity index (χ4n) is 2.70. The van der Waals surface area contributed by atoms with Crippen LogP contribution in [-0.4, -0.2) is 31.1 Å². The van der Waals surface area contributed by atoms with Crippen molar-refractivity contribution in [1.29, 1.82) is 0 Å². The quantitative estimate of drug-likeness (QED) is 0.857. The summed E-state index contributed by atoms with van der Waals surface area (Å²) in [6.07, 6.45) is 2.34. The molecule has 7 heteroatoms. The standard InChI is InChI=1S/C14H18N2O2S3/c1-10-12-4-6-19-13(12)3-5-16(10)7-11-8-20-14(15-11)9-21(2,17)18/h4,6,8,10H,3,5,7,9H2,1-2H3/t10-/m0/s1. The third-order valence-corrected chi connectivity index (χ3v) is 6.63. The van der Waals surface area contributed by atoms with E-state index in [2.05, 4.69) is 28.3 Å². The average molecular weight is 343 g/mol. The van der Waals surface area contributed by atoms with Gasteiger partial charge in [-0.05, 0) is 30.4 Å². The second-order valence-corrected chi connectivity index (χ2v) is 9.58. The highest BCUT2D eigenvalue weighted by Gasteiger charge is 2.25. The van der Waals surface area contributed by atoms with Crippen LogP contribution in [0.5, 0.6) is 0 Å². The highest BCUT2D eigenvalue weighted by Crippen LogP contribution is 2.33. The molecule has 0 aliphatic carbocycles. The molecule has 2 aromatic rings. The maximum absolute atomic E-state index is 11.3. The van der Waals surface area contributed by atoms with Crippen molar-refractivity contribution >= 4 is 32.5 Å². The largest absolute Gasteiger partial charge is 0.290 e. The number of nitrogens with zero attached hydrogens (tertiary/aromatic N) is 2. The van der Waals surface area contributed by atoms with Crippen molar-refractivity contribution in [2.24, 2.45) is 0 Å². The third kappa shape index (κ3) is 3.53. The summed E-state index contributed by atoms with van der Waals surface area (Å²) in [6.45, 7) is 4.05. The number of hydrogen-bond acceptors (Lipinski definition) is 6. The van der Waals surface area contributed by atoms with Crippen LogP contribution in [-0.2, 0) is 28.6 Å². The van der Waals surface area contributed by atoms with Gasteiger partial charge in [-0.15, -0.1) is 22.7 Å². The summed E-state index contributed by atoms with van der Waals surface area (Å²) in [5.41, 5.74) is 2.40. The van der Waals surface area contributed by atoms with Gasteiger partial charge in [0.05, 0.1) is 5.69 Å². The second kappa shape index (κ2) is 5.79. The molecule has 3 rings (SSSR count). The van der Waals surface area contributed by atoms with E-state index < -0.39 is 9.84 Å². The number of fused-ring (bicyclic) bond motifs is 1. The summed E-state index contributed by atoms with van der Waals surface area (Å²) in [5.74, 6) is 0.0436. The van der Waals surface area contributed by atoms with Crippen LogP contribution in [0.4, 0.5) is 0 Å². The van der Waals surface area contributed by atoms with Gasteiger partial charge in [0.15, 0.2) is 9.84 Å². The normalized spacial score (nSPS) is 19.6. The number of sulfone groups is 1. The van der Waals surface area contributed by atoms with Gasteiger partial charge in [0.2, 0.25) is 0 Å². The van der Waals surface area contributed by atoms with Crippen molar-refractivity contribution in [1.82, 2.24) is 9.88 Å². The lowest BCUT2D eigenvalue weighted by atomic mass is 10.0. The van der Waals surface area contributed by atoms with Crippen LogP contribution in [0.15, 0.2) is 16.8 Å². The Bertz CT molecular complexity index is 733. The fraction of sp³-hybridized carbons (Fsp3) is 0.500. The molecule has 0 N–H and O–H groups in total. The molecule has 0 radical (unpaired) electrons. The number of aromatic nitrogens is 1. The molecule has 1 aliphatic rings. The summed E-state index contributed by atoms with van der Waals surface area (Å²) in [5, 5.41) is 4.84. The molecule has 0 fully saturated rings. The summed E-state index contributed by atoms with van der Waals surface area (Å²) in [4.78, 5) is 8.37. The fourth-order valence-corrected chi connectivity index (χ4v) is 5.66. The zero-order valence-corrected chi connectivity index (χ0v) is 14.5. The summed E-state index contributed by atoms with van der Waals surface area (Å²) in [6, 6.07) is 2.62. The molecule has 21 heavy (non-hydrogen) atoms. The van der Waals surface area contributed by atoms with Gasteiger partial charge in [-0.1, -0.05) is 0 Å². The first-order chi connectivity index (χ1) is 9.92. The Hall–Kier alpha value is -0.760. The van der Waals surface area contributed by atoms with Crippen LogP contribution in [0.25, 0.3) is 0 Å². The molecule has 0 unspecified atom stereocenters. The molecule has 114 valence electrons. The van der Waals surface area contributed by atoms with E-state index in [1.54, 1.807) is 0 Å². The van der Waals surface area contributed by atoms with E-state index in [1.807, 2.05) is 16.7 Å². The van der Waals surface area contributed by atoms with Gasteiger partial charge in [0.25, 0.3) is 0 Å². The Morgan fingerprint density at radius 3 is 3.00 bits per heavy atom. The molecule has 0 aromatic carbocycles. The Labute approximate surface area is 133 Å². The van der Waals surface area contributed by atoms with Crippen LogP contribution in [0.2, 0.25) is 0 Å². The Kier molecular flexibility index (Phi) is 4.18. The zero-order valence-electron chi connectivity index (χ0n) is 12.1. The molecule has 0 amide bonds. The molecular formula is C14H18N2O2S3. The molecule has 4 nitrogen and oxygen atoms in total. The number of rotatable bonds is 4. The molecule has 2 aromatic heterocycles. The van der Waals surface area contributed by atoms with E-state index in [0.717, 1.165) is 25.2 Å². The van der Waals surface area contributed by atoms with Gasteiger partial charge < -0.3 is 0 Å². The van der Waals surface area contributed by atoms with E-state index in [-0.39, 0.29) is 5.75 Å². The van der Waals surface area contributed by atoms with E-state index in [1.165, 1.54) is 28.0 Å². The van der Waals surface area contributed by atoms with Crippen molar-refractivity contribution in [3.63, 3.8) is 0 Å². The summed E-state index contributed by atoms with van der Waals surface area (Å²) < 4.78 is 22.6. The van der Waals surface area contributed by atoms with Gasteiger partial charge >= 0.3 is 0 Å². The molecule has 3 heterocycles. The van der Waals surface area contributed by atoms with Crippen molar-refractivity contribution in [2.75, 3.05) is 12.8 Å². The minimum absolute atomic E-state index is 0.0436. The molecule has 0 bridgehead atoms. The third-order valence-electron chi connectivity index (χ3n) is 3.75. The predicted molar refractivity (Wildman–Crippen MR) is 87.5 cm³/mol.